The van der Waals surface area contributed by atoms with Crippen LogP contribution in [0.1, 0.15) is 284 Å². The van der Waals surface area contributed by atoms with Crippen LogP contribution in [0.5, 0.6) is 0 Å². The number of carbonyl (C=O) groups is 1. The van der Waals surface area contributed by atoms with Gasteiger partial charge in [0.1, 0.15) is 0 Å². The van der Waals surface area contributed by atoms with Crippen molar-refractivity contribution in [2.75, 3.05) is 6.61 Å². The third-order valence-electron chi connectivity index (χ3n) is 13.3. The molecule has 0 fully saturated rings. The zero-order valence-electron chi connectivity index (χ0n) is 46.3. The van der Waals surface area contributed by atoms with Crippen molar-refractivity contribution in [3.63, 3.8) is 0 Å². The normalized spacial score (nSPS) is 13.6. The number of hydrogen-bond donors (Lipinski definition) is 3. The van der Waals surface area contributed by atoms with E-state index in [2.05, 4.69) is 129 Å². The van der Waals surface area contributed by atoms with Gasteiger partial charge < -0.3 is 15.5 Å². The van der Waals surface area contributed by atoms with Gasteiger partial charge >= 0.3 is 0 Å². The lowest BCUT2D eigenvalue weighted by molar-refractivity contribution is -0.123. The molecule has 1 amide bonds. The van der Waals surface area contributed by atoms with Crippen molar-refractivity contribution < 1.29 is 15.0 Å². The van der Waals surface area contributed by atoms with E-state index in [4.69, 9.17) is 0 Å². The fourth-order valence-electron chi connectivity index (χ4n) is 8.77. The maximum Gasteiger partial charge on any atom is 0.220 e. The molecule has 0 aromatic carbocycles. The number of unbranched alkanes of at least 4 members (excludes halogenated alkanes) is 29. The minimum atomic E-state index is -0.673. The Morgan fingerprint density at radius 2 is 0.629 bits per heavy atom. The van der Waals surface area contributed by atoms with Crippen molar-refractivity contribution in [2.24, 2.45) is 0 Å². The number of nitrogens with one attached hydrogen (secondary N) is 1. The van der Waals surface area contributed by atoms with Gasteiger partial charge in [-0.1, -0.05) is 303 Å². The van der Waals surface area contributed by atoms with Crippen LogP contribution >= 0.6 is 0 Å². The Kier molecular flexibility index (Phi) is 57.8. The molecular weight excluding hydrogens is 855 g/mol. The maximum atomic E-state index is 12.5. The summed E-state index contributed by atoms with van der Waals surface area (Å²) in [5.74, 6) is -0.0441. The van der Waals surface area contributed by atoms with Crippen molar-refractivity contribution in [3.05, 3.63) is 109 Å². The first-order chi connectivity index (χ1) is 34.7. The predicted octanol–water partition coefficient (Wildman–Crippen LogP) is 20.3. The molecule has 0 aliphatic carbocycles. The highest BCUT2D eigenvalue weighted by atomic mass is 16.3. The van der Waals surface area contributed by atoms with Gasteiger partial charge in [-0.25, -0.2) is 0 Å². The second-order valence-corrected chi connectivity index (χ2v) is 20.0. The summed E-state index contributed by atoms with van der Waals surface area (Å²) in [6.45, 7) is 4.26. The van der Waals surface area contributed by atoms with Gasteiger partial charge in [0.2, 0.25) is 5.91 Å². The third kappa shape index (κ3) is 56.0. The summed E-state index contributed by atoms with van der Waals surface area (Å²) in [6, 6.07) is -0.551. The Morgan fingerprint density at radius 3 is 0.943 bits per heavy atom. The van der Waals surface area contributed by atoms with E-state index in [1.54, 1.807) is 0 Å². The highest BCUT2D eigenvalue weighted by molar-refractivity contribution is 5.76. The van der Waals surface area contributed by atoms with Gasteiger partial charge in [-0.15, -0.1) is 0 Å². The number of carbonyl (C=O) groups excluding carboxylic acids is 1. The van der Waals surface area contributed by atoms with E-state index >= 15 is 0 Å². The van der Waals surface area contributed by atoms with Crippen LogP contribution in [0.4, 0.5) is 0 Å². The Labute approximate surface area is 436 Å². The maximum absolute atomic E-state index is 12.5. The molecule has 4 heteroatoms. The van der Waals surface area contributed by atoms with E-state index in [0.717, 1.165) is 96.3 Å². The van der Waals surface area contributed by atoms with Crippen LogP contribution in [-0.2, 0) is 4.79 Å². The number of rotatable bonds is 54. The number of amides is 1. The molecule has 0 saturated heterocycles. The fourth-order valence-corrected chi connectivity index (χ4v) is 8.77. The fraction of sp³-hybridized carbons (Fsp3) is 0.712. The molecule has 0 aliphatic rings. The Balaban J connectivity index is 3.58. The largest absolute Gasteiger partial charge is 0.394 e. The summed E-state index contributed by atoms with van der Waals surface area (Å²) in [6.07, 6.45) is 90.8. The molecule has 2 unspecified atom stereocenters. The first-order valence-electron chi connectivity index (χ1n) is 30.1. The summed E-state index contributed by atoms with van der Waals surface area (Å²) in [7, 11) is 0. The van der Waals surface area contributed by atoms with Gasteiger partial charge in [-0.05, 0) is 83.5 Å². The van der Waals surface area contributed by atoms with Crippen LogP contribution in [-0.4, -0.2) is 34.9 Å². The lowest BCUT2D eigenvalue weighted by Gasteiger charge is -2.22. The van der Waals surface area contributed by atoms with Gasteiger partial charge in [0.25, 0.3) is 0 Å². The van der Waals surface area contributed by atoms with E-state index in [1.165, 1.54) is 161 Å². The van der Waals surface area contributed by atoms with Crippen LogP contribution in [0.2, 0.25) is 0 Å². The molecule has 0 bridgehead atoms. The Bertz CT molecular complexity index is 1330. The summed E-state index contributed by atoms with van der Waals surface area (Å²) < 4.78 is 0. The summed E-state index contributed by atoms with van der Waals surface area (Å²) >= 11 is 0. The lowest BCUT2D eigenvalue weighted by atomic mass is 10.0. The summed E-state index contributed by atoms with van der Waals surface area (Å²) in [5.41, 5.74) is 0. The molecule has 0 heterocycles. The Hall–Kier alpha value is -2.95. The Morgan fingerprint density at radius 1 is 0.357 bits per heavy atom. The van der Waals surface area contributed by atoms with Crippen LogP contribution in [0.15, 0.2) is 109 Å². The van der Waals surface area contributed by atoms with Crippen LogP contribution in [0.25, 0.3) is 0 Å². The van der Waals surface area contributed by atoms with Crippen molar-refractivity contribution in [1.82, 2.24) is 5.32 Å². The molecule has 0 aromatic rings. The third-order valence-corrected chi connectivity index (χ3v) is 13.3. The number of aliphatic hydroxyl groups is 2. The second kappa shape index (κ2) is 60.4. The van der Waals surface area contributed by atoms with Gasteiger partial charge in [-0.3, -0.25) is 4.79 Å². The van der Waals surface area contributed by atoms with E-state index in [-0.39, 0.29) is 12.5 Å². The highest BCUT2D eigenvalue weighted by Crippen LogP contribution is 2.17. The SMILES string of the molecule is CC/C=C\C/C=C\C/C=C\C/C=C\C/C=C\C/C=C\C/C=C\C/C=C\C/C=C\CCCCCCCCCC(=O)NC(CO)C(O)CCCCCCCCCCCCCCCCCCCCCCCCC. The van der Waals surface area contributed by atoms with E-state index in [9.17, 15) is 15.0 Å². The molecule has 4 nitrogen and oxygen atoms in total. The quantitative estimate of drug-likeness (QED) is 0.0420. The van der Waals surface area contributed by atoms with Crippen molar-refractivity contribution in [1.29, 1.82) is 0 Å². The second-order valence-electron chi connectivity index (χ2n) is 20.0. The first-order valence-corrected chi connectivity index (χ1v) is 30.1. The average molecular weight is 971 g/mol. The summed E-state index contributed by atoms with van der Waals surface area (Å²) in [5, 5.41) is 23.4. The minimum absolute atomic E-state index is 0.0441. The van der Waals surface area contributed by atoms with Crippen LogP contribution < -0.4 is 5.32 Å². The standard InChI is InChI=1S/C66H115NO3/c1-3-5-7-9-11-13-15-17-19-21-23-25-27-28-29-30-31-32-33-34-35-36-37-38-40-42-44-46-48-50-52-54-56-58-60-62-66(70)67-64(63-68)65(69)61-59-57-55-53-51-49-47-45-43-41-39-26-24-22-20-18-16-14-12-10-8-6-4-2/h5,7,11,13,17,19,23,25,28-29,31-32,34-35,37-38,42,44,64-65,68-69H,3-4,6,8-10,12,14-16,18,20-22,24,26-27,30,33,36,39-41,43,45-63H2,1-2H3,(H,67,70)/b7-5-,13-11-,19-17-,25-23-,29-28-,32-31-,35-34-,38-37-,44-42-. The average Bonchev–Trinajstić information content (AvgIpc) is 3.36. The molecule has 402 valence electrons. The van der Waals surface area contributed by atoms with Gasteiger partial charge in [0.05, 0.1) is 18.8 Å². The molecule has 0 rings (SSSR count). The molecular formula is C66H115NO3. The van der Waals surface area contributed by atoms with Crippen molar-refractivity contribution in [2.45, 2.75) is 296 Å². The molecule has 0 aliphatic heterocycles. The lowest BCUT2D eigenvalue weighted by Crippen LogP contribution is -2.45. The van der Waals surface area contributed by atoms with Crippen molar-refractivity contribution >= 4 is 5.91 Å². The first kappa shape index (κ1) is 67.0. The predicted molar refractivity (Wildman–Crippen MR) is 313 cm³/mol. The summed E-state index contributed by atoms with van der Waals surface area (Å²) in [4.78, 5) is 12.5. The zero-order valence-corrected chi connectivity index (χ0v) is 46.3. The smallest absolute Gasteiger partial charge is 0.220 e. The van der Waals surface area contributed by atoms with E-state index in [0.29, 0.717) is 12.8 Å². The van der Waals surface area contributed by atoms with Crippen LogP contribution in [0.3, 0.4) is 0 Å². The molecule has 3 N–H and O–H groups in total. The molecule has 2 atom stereocenters. The highest BCUT2D eigenvalue weighted by Gasteiger charge is 2.20. The van der Waals surface area contributed by atoms with Crippen molar-refractivity contribution in [3.8, 4) is 0 Å². The molecule has 70 heavy (non-hydrogen) atoms. The molecule has 0 spiro atoms. The minimum Gasteiger partial charge on any atom is -0.394 e. The topological polar surface area (TPSA) is 69.6 Å². The molecule has 0 aromatic heterocycles. The monoisotopic (exact) mass is 970 g/mol. The zero-order chi connectivity index (χ0) is 50.6. The number of aliphatic hydroxyl groups excluding tert-OH is 2. The van der Waals surface area contributed by atoms with Crippen LogP contribution in [0, 0.1) is 0 Å². The van der Waals surface area contributed by atoms with E-state index < -0.39 is 12.1 Å². The van der Waals surface area contributed by atoms with Gasteiger partial charge in [0, 0.05) is 6.42 Å². The number of hydrogen-bond acceptors (Lipinski definition) is 3. The van der Waals surface area contributed by atoms with Gasteiger partial charge in [0.15, 0.2) is 0 Å². The van der Waals surface area contributed by atoms with E-state index in [1.807, 2.05) is 0 Å². The molecule has 0 saturated carbocycles. The van der Waals surface area contributed by atoms with Gasteiger partial charge in [-0.2, -0.15) is 0 Å². The molecule has 0 radical (unpaired) electrons. The number of allylic oxidation sites excluding steroid dienone is 18.